The first-order valence-electron chi connectivity index (χ1n) is 9.06. The van der Waals surface area contributed by atoms with Crippen LogP contribution in [0.4, 0.5) is 0 Å². The summed E-state index contributed by atoms with van der Waals surface area (Å²) in [6.45, 7) is 2.72. The molecular weight excluding hydrogens is 248 g/mol. The average Bonchev–Trinajstić information content (AvgIpc) is 2.47. The first-order valence-corrected chi connectivity index (χ1v) is 9.06. The quantitative estimate of drug-likeness (QED) is 0.389. The highest BCUT2D eigenvalue weighted by Crippen LogP contribution is 2.15. The highest BCUT2D eigenvalue weighted by molar-refractivity contribution is 4.57. The molecule has 0 amide bonds. The van der Waals surface area contributed by atoms with Gasteiger partial charge in [0.05, 0.1) is 0 Å². The van der Waals surface area contributed by atoms with E-state index in [0.29, 0.717) is 5.92 Å². The summed E-state index contributed by atoms with van der Waals surface area (Å²) in [7, 11) is 0. The molecule has 0 bridgehead atoms. The minimum absolute atomic E-state index is 0.212. The molecule has 2 heteroatoms. The van der Waals surface area contributed by atoms with E-state index in [1.54, 1.807) is 0 Å². The van der Waals surface area contributed by atoms with Crippen LogP contribution in [0, 0.1) is 5.92 Å². The summed E-state index contributed by atoms with van der Waals surface area (Å²) < 4.78 is 0. The molecular formula is C18H38O2. The number of hydrogen-bond acceptors (Lipinski definition) is 2. The lowest BCUT2D eigenvalue weighted by atomic mass is 9.98. The fourth-order valence-electron chi connectivity index (χ4n) is 2.78. The lowest BCUT2D eigenvalue weighted by molar-refractivity contribution is 0.174. The van der Waals surface area contributed by atoms with Crippen molar-refractivity contribution in [1.82, 2.24) is 0 Å². The molecule has 0 fully saturated rings. The van der Waals surface area contributed by atoms with Gasteiger partial charge < -0.3 is 10.2 Å². The summed E-state index contributed by atoms with van der Waals surface area (Å²) in [5, 5.41) is 18.0. The van der Waals surface area contributed by atoms with Crippen LogP contribution in [0.15, 0.2) is 0 Å². The van der Waals surface area contributed by atoms with E-state index >= 15 is 0 Å². The lowest BCUT2D eigenvalue weighted by Crippen LogP contribution is -2.07. The van der Waals surface area contributed by atoms with E-state index in [4.69, 9.17) is 10.2 Å². The van der Waals surface area contributed by atoms with Gasteiger partial charge in [0, 0.05) is 13.2 Å². The normalized spacial score (nSPS) is 12.8. The SMILES string of the molecule is CCCCCCCCCCCCCCC(CO)CCO. The van der Waals surface area contributed by atoms with Gasteiger partial charge in [0.15, 0.2) is 0 Å². The first-order chi connectivity index (χ1) is 9.85. The second-order valence-corrected chi connectivity index (χ2v) is 6.24. The topological polar surface area (TPSA) is 40.5 Å². The maximum Gasteiger partial charge on any atom is 0.0460 e. The lowest BCUT2D eigenvalue weighted by Gasteiger charge is -2.11. The molecule has 2 nitrogen and oxygen atoms in total. The predicted molar refractivity (Wildman–Crippen MR) is 88.0 cm³/mol. The van der Waals surface area contributed by atoms with Gasteiger partial charge in [-0.3, -0.25) is 0 Å². The second kappa shape index (κ2) is 17.0. The van der Waals surface area contributed by atoms with Gasteiger partial charge >= 0.3 is 0 Å². The third kappa shape index (κ3) is 14.3. The van der Waals surface area contributed by atoms with Crippen molar-refractivity contribution in [3.05, 3.63) is 0 Å². The fourth-order valence-corrected chi connectivity index (χ4v) is 2.78. The summed E-state index contributed by atoms with van der Waals surface area (Å²) >= 11 is 0. The van der Waals surface area contributed by atoms with Crippen molar-refractivity contribution in [2.75, 3.05) is 13.2 Å². The molecule has 122 valence electrons. The number of unbranched alkanes of at least 4 members (excludes halogenated alkanes) is 11. The van der Waals surface area contributed by atoms with Crippen LogP contribution < -0.4 is 0 Å². The van der Waals surface area contributed by atoms with Crippen LogP contribution in [0.25, 0.3) is 0 Å². The Hall–Kier alpha value is -0.0800. The predicted octanol–water partition coefficient (Wildman–Crippen LogP) is 5.07. The van der Waals surface area contributed by atoms with Gasteiger partial charge in [-0.25, -0.2) is 0 Å². The van der Waals surface area contributed by atoms with Gasteiger partial charge in [-0.2, -0.15) is 0 Å². The number of hydrogen-bond donors (Lipinski definition) is 2. The first kappa shape index (κ1) is 19.9. The van der Waals surface area contributed by atoms with Crippen molar-refractivity contribution in [2.45, 2.75) is 96.8 Å². The van der Waals surface area contributed by atoms with Gasteiger partial charge in [0.1, 0.15) is 0 Å². The van der Waals surface area contributed by atoms with Crippen molar-refractivity contribution in [3.8, 4) is 0 Å². The Morgan fingerprint density at radius 3 is 1.45 bits per heavy atom. The summed E-state index contributed by atoms with van der Waals surface area (Å²) in [4.78, 5) is 0. The zero-order chi connectivity index (χ0) is 14.9. The highest BCUT2D eigenvalue weighted by Gasteiger charge is 2.05. The summed E-state index contributed by atoms with van der Waals surface area (Å²) in [5.74, 6) is 0.322. The standard InChI is InChI=1S/C18H38O2/c1-2-3-4-5-6-7-8-9-10-11-12-13-14-18(17-20)15-16-19/h18-20H,2-17H2,1H3. The van der Waals surface area contributed by atoms with Crippen LogP contribution in [0.2, 0.25) is 0 Å². The van der Waals surface area contributed by atoms with Crippen molar-refractivity contribution in [1.29, 1.82) is 0 Å². The monoisotopic (exact) mass is 286 g/mol. The summed E-state index contributed by atoms with van der Waals surface area (Å²) in [5.41, 5.74) is 0. The minimum Gasteiger partial charge on any atom is -0.396 e. The molecule has 0 heterocycles. The fraction of sp³-hybridized carbons (Fsp3) is 1.00. The molecule has 0 aliphatic carbocycles. The van der Waals surface area contributed by atoms with E-state index in [9.17, 15) is 0 Å². The van der Waals surface area contributed by atoms with E-state index in [2.05, 4.69) is 6.92 Å². The summed E-state index contributed by atoms with van der Waals surface area (Å²) in [6, 6.07) is 0. The van der Waals surface area contributed by atoms with Crippen LogP contribution in [0.3, 0.4) is 0 Å². The largest absolute Gasteiger partial charge is 0.396 e. The van der Waals surface area contributed by atoms with Gasteiger partial charge in [0.25, 0.3) is 0 Å². The zero-order valence-electron chi connectivity index (χ0n) is 13.8. The molecule has 20 heavy (non-hydrogen) atoms. The van der Waals surface area contributed by atoms with Crippen molar-refractivity contribution in [2.24, 2.45) is 5.92 Å². The van der Waals surface area contributed by atoms with E-state index in [0.717, 1.165) is 12.8 Å². The van der Waals surface area contributed by atoms with E-state index in [1.807, 2.05) is 0 Å². The molecule has 0 rings (SSSR count). The molecule has 1 unspecified atom stereocenters. The zero-order valence-corrected chi connectivity index (χ0v) is 13.8. The molecule has 0 aliphatic heterocycles. The molecule has 0 radical (unpaired) electrons. The Morgan fingerprint density at radius 2 is 1.05 bits per heavy atom. The highest BCUT2D eigenvalue weighted by atomic mass is 16.3. The maximum atomic E-state index is 9.12. The van der Waals surface area contributed by atoms with Gasteiger partial charge in [-0.1, -0.05) is 84.0 Å². The van der Waals surface area contributed by atoms with Crippen LogP contribution >= 0.6 is 0 Å². The molecule has 2 N–H and O–H groups in total. The van der Waals surface area contributed by atoms with Gasteiger partial charge in [0.2, 0.25) is 0 Å². The Kier molecular flexibility index (Phi) is 16.9. The van der Waals surface area contributed by atoms with E-state index in [-0.39, 0.29) is 13.2 Å². The molecule has 0 aromatic rings. The molecule has 0 saturated heterocycles. The molecule has 0 aromatic heterocycles. The Labute approximate surface area is 127 Å². The molecule has 0 saturated carbocycles. The maximum absolute atomic E-state index is 9.12. The molecule has 0 aromatic carbocycles. The Morgan fingerprint density at radius 1 is 0.600 bits per heavy atom. The van der Waals surface area contributed by atoms with Crippen LogP contribution in [0.1, 0.15) is 96.8 Å². The smallest absolute Gasteiger partial charge is 0.0460 e. The number of rotatable bonds is 16. The van der Waals surface area contributed by atoms with Crippen molar-refractivity contribution >= 4 is 0 Å². The molecule has 1 atom stereocenters. The number of aliphatic hydroxyl groups is 2. The minimum atomic E-state index is 0.212. The second-order valence-electron chi connectivity index (χ2n) is 6.24. The van der Waals surface area contributed by atoms with Gasteiger partial charge in [-0.05, 0) is 18.8 Å². The van der Waals surface area contributed by atoms with Crippen LogP contribution in [0.5, 0.6) is 0 Å². The molecule has 0 spiro atoms. The third-order valence-electron chi connectivity index (χ3n) is 4.26. The van der Waals surface area contributed by atoms with E-state index in [1.165, 1.54) is 77.0 Å². The third-order valence-corrected chi connectivity index (χ3v) is 4.26. The Bertz CT molecular complexity index is 171. The molecule has 0 aliphatic rings. The Balaban J connectivity index is 3.09. The van der Waals surface area contributed by atoms with E-state index < -0.39 is 0 Å². The number of aliphatic hydroxyl groups excluding tert-OH is 2. The van der Waals surface area contributed by atoms with Crippen molar-refractivity contribution < 1.29 is 10.2 Å². The average molecular weight is 286 g/mol. The van der Waals surface area contributed by atoms with Crippen LogP contribution in [-0.4, -0.2) is 23.4 Å². The van der Waals surface area contributed by atoms with Gasteiger partial charge in [-0.15, -0.1) is 0 Å². The van der Waals surface area contributed by atoms with Crippen molar-refractivity contribution in [3.63, 3.8) is 0 Å². The van der Waals surface area contributed by atoms with Crippen LogP contribution in [-0.2, 0) is 0 Å². The summed E-state index contributed by atoms with van der Waals surface area (Å²) in [6.07, 6.45) is 18.3.